The second kappa shape index (κ2) is 11.1. The summed E-state index contributed by atoms with van der Waals surface area (Å²) in [5.74, 6) is 0. The lowest BCUT2D eigenvalue weighted by Crippen LogP contribution is -1.92. The molecule has 9 aromatic carbocycles. The Kier molecular flexibility index (Phi) is 4.11. The van der Waals surface area contributed by atoms with Crippen molar-refractivity contribution < 1.29 is 20.9 Å². The first-order chi connectivity index (χ1) is 29.3. The molecule has 0 aliphatic carbocycles. The molecule has 0 N–H and O–H groups in total. The molecule has 0 amide bonds. The Labute approximate surface area is 301 Å². The summed E-state index contributed by atoms with van der Waals surface area (Å²) >= 11 is 0. The molecular weight excluding hydrogens is 593 g/mol. The van der Waals surface area contributed by atoms with Crippen LogP contribution in [-0.4, -0.2) is 0 Å². The zero-order valence-corrected chi connectivity index (χ0v) is 25.8. The van der Waals surface area contributed by atoms with Crippen LogP contribution in [0.4, 0.5) is 0 Å². The largest absolute Gasteiger partial charge is 0.455 e. The lowest BCUT2D eigenvalue weighted by atomic mass is 9.84. The Bertz CT molecular complexity index is 3480. The molecule has 10 aromatic rings. The van der Waals surface area contributed by atoms with Crippen LogP contribution in [0.3, 0.4) is 0 Å². The Morgan fingerprint density at radius 3 is 1.57 bits per heavy atom. The van der Waals surface area contributed by atoms with Crippen LogP contribution in [-0.2, 0) is 0 Å². The third kappa shape index (κ3) is 4.33. The number of fused-ring (bicyclic) bond motifs is 6. The highest BCUT2D eigenvalue weighted by molar-refractivity contribution is 6.23. The monoisotopic (exact) mass is 634 g/mol. The Morgan fingerprint density at radius 2 is 0.878 bits per heavy atom. The van der Waals surface area contributed by atoms with Crippen LogP contribution in [0.1, 0.15) is 16.4 Å². The van der Waals surface area contributed by atoms with Crippen molar-refractivity contribution in [3.63, 3.8) is 0 Å². The first kappa shape index (κ1) is 18.2. The third-order valence-electron chi connectivity index (χ3n) is 9.25. The van der Waals surface area contributed by atoms with Gasteiger partial charge in [-0.1, -0.05) is 176 Å². The summed E-state index contributed by atoms with van der Waals surface area (Å²) in [5, 5.41) is 4.42. The van der Waals surface area contributed by atoms with Crippen LogP contribution in [0.25, 0.3) is 98.8 Å². The van der Waals surface area contributed by atoms with Gasteiger partial charge >= 0.3 is 0 Å². The zero-order chi connectivity index (χ0) is 42.8. The van der Waals surface area contributed by atoms with Gasteiger partial charge in [-0.15, -0.1) is 0 Å². The first-order valence-electron chi connectivity index (χ1n) is 21.9. The molecule has 0 aliphatic rings. The fourth-order valence-electron chi connectivity index (χ4n) is 7.18. The van der Waals surface area contributed by atoms with E-state index in [1.165, 1.54) is 0 Å². The summed E-state index contributed by atoms with van der Waals surface area (Å²) in [7, 11) is 0. The maximum absolute atomic E-state index is 9.24. The van der Waals surface area contributed by atoms with Crippen LogP contribution in [0.2, 0.25) is 0 Å². The molecule has 0 saturated heterocycles. The van der Waals surface area contributed by atoms with E-state index in [4.69, 9.17) is 19.5 Å². The topological polar surface area (TPSA) is 13.1 Å². The molecule has 0 saturated carbocycles. The highest BCUT2D eigenvalue weighted by Crippen LogP contribution is 2.46. The van der Waals surface area contributed by atoms with Crippen LogP contribution < -0.4 is 0 Å². The van der Waals surface area contributed by atoms with Crippen molar-refractivity contribution in [2.24, 2.45) is 0 Å². The minimum Gasteiger partial charge on any atom is -0.455 e. The lowest BCUT2D eigenvalue weighted by molar-refractivity contribution is 0.671. The van der Waals surface area contributed by atoms with Gasteiger partial charge in [0, 0.05) is 21.9 Å². The molecule has 0 bridgehead atoms. The normalized spacial score (nSPS) is 15.1. The van der Waals surface area contributed by atoms with Crippen molar-refractivity contribution in [2.45, 2.75) is 0 Å². The standard InChI is InChI=1S/C48H30O/c1-2-14-32(15-3-1)36-25-12-28-43-44-29-13-26-37(48(44)49-47(36)43)33-18-10-19-34(30-33)45-39-21-6-8-23-41(39)46(42-24-9-7-22-40(42)45)38-27-11-17-31-16-4-5-20-35(31)38/h1-30H/i1D,2D,3D,4D,5D,11D,14D,15D,16D,17D,20D,27D. The molecule has 1 heterocycles. The number of benzene rings is 9. The summed E-state index contributed by atoms with van der Waals surface area (Å²) < 4.78 is 110. The summed E-state index contributed by atoms with van der Waals surface area (Å²) in [6, 6.07) is 29.5. The second-order valence-corrected chi connectivity index (χ2v) is 11.9. The molecule has 49 heavy (non-hydrogen) atoms. The van der Waals surface area contributed by atoms with Gasteiger partial charge in [0.1, 0.15) is 11.2 Å². The average molecular weight is 635 g/mol. The van der Waals surface area contributed by atoms with Gasteiger partial charge in [-0.05, 0) is 71.8 Å². The van der Waals surface area contributed by atoms with E-state index >= 15 is 0 Å². The fourth-order valence-corrected chi connectivity index (χ4v) is 7.18. The molecule has 1 aromatic heterocycles. The van der Waals surface area contributed by atoms with Crippen LogP contribution >= 0.6 is 0 Å². The lowest BCUT2D eigenvalue weighted by Gasteiger charge is -2.19. The van der Waals surface area contributed by atoms with E-state index in [1.807, 2.05) is 91.0 Å². The third-order valence-corrected chi connectivity index (χ3v) is 9.25. The highest BCUT2D eigenvalue weighted by atomic mass is 16.3. The van der Waals surface area contributed by atoms with E-state index in [1.54, 1.807) is 12.1 Å². The maximum Gasteiger partial charge on any atom is 0.143 e. The van der Waals surface area contributed by atoms with E-state index in [9.17, 15) is 1.37 Å². The van der Waals surface area contributed by atoms with Gasteiger partial charge in [0.05, 0.1) is 16.4 Å². The van der Waals surface area contributed by atoms with Crippen molar-refractivity contribution in [3.05, 3.63) is 182 Å². The van der Waals surface area contributed by atoms with Gasteiger partial charge in [0.25, 0.3) is 0 Å². The Balaban J connectivity index is 1.23. The zero-order valence-electron chi connectivity index (χ0n) is 37.8. The molecule has 10 rings (SSSR count). The van der Waals surface area contributed by atoms with E-state index in [2.05, 4.69) is 6.07 Å². The minimum absolute atomic E-state index is 0.0238. The van der Waals surface area contributed by atoms with E-state index < -0.39 is 48.3 Å². The SMILES string of the molecule is [2H]c1c([2H])c([2H])c(-c2cccc3c2oc2c(-c4cccc(-c5c6ccccc6c(-c6c([2H])c([2H])c([2H])c7c([2H])c([2H])c([2H])c([2H])c67)c6ccccc56)c4)cccc23)c([2H])c1[2H]. The van der Waals surface area contributed by atoms with Gasteiger partial charge in [-0.3, -0.25) is 0 Å². The first-order valence-corrected chi connectivity index (χ1v) is 15.9. The number of hydrogen-bond acceptors (Lipinski definition) is 1. The molecule has 228 valence electrons. The van der Waals surface area contributed by atoms with E-state index in [0.717, 1.165) is 43.8 Å². The Hall–Kier alpha value is -6.44. The molecule has 0 fully saturated rings. The maximum atomic E-state index is 9.24. The number of hydrogen-bond donors (Lipinski definition) is 0. The molecule has 0 spiro atoms. The smallest absolute Gasteiger partial charge is 0.143 e. The molecule has 1 nitrogen and oxygen atoms in total. The van der Waals surface area contributed by atoms with Gasteiger partial charge < -0.3 is 4.42 Å². The second-order valence-electron chi connectivity index (χ2n) is 11.9. The number of furan rings is 1. The highest BCUT2D eigenvalue weighted by Gasteiger charge is 2.19. The summed E-state index contributed by atoms with van der Waals surface area (Å²) in [4.78, 5) is 0. The van der Waals surface area contributed by atoms with Crippen molar-refractivity contribution in [3.8, 4) is 44.5 Å². The van der Waals surface area contributed by atoms with E-state index in [-0.39, 0.29) is 46.1 Å². The molecule has 0 unspecified atom stereocenters. The van der Waals surface area contributed by atoms with Crippen molar-refractivity contribution >= 4 is 54.3 Å². The van der Waals surface area contributed by atoms with Crippen LogP contribution in [0.5, 0.6) is 0 Å². The minimum atomic E-state index is -0.508. The predicted molar refractivity (Wildman–Crippen MR) is 208 cm³/mol. The van der Waals surface area contributed by atoms with Crippen molar-refractivity contribution in [1.82, 2.24) is 0 Å². The Morgan fingerprint density at radius 1 is 0.347 bits per heavy atom. The number of para-hydroxylation sites is 2. The molecular formula is C48H30O. The summed E-state index contributed by atoms with van der Waals surface area (Å²) in [5.41, 5.74) is 5.41. The quantitative estimate of drug-likeness (QED) is 0.176. The molecule has 1 heteroatoms. The van der Waals surface area contributed by atoms with Gasteiger partial charge in [0.15, 0.2) is 0 Å². The number of rotatable bonds is 4. The average Bonchev–Trinajstić information content (AvgIpc) is 3.67. The predicted octanol–water partition coefficient (Wildman–Crippen LogP) is 13.7. The van der Waals surface area contributed by atoms with Crippen molar-refractivity contribution in [2.75, 3.05) is 0 Å². The van der Waals surface area contributed by atoms with Gasteiger partial charge in [-0.25, -0.2) is 0 Å². The summed E-state index contributed by atoms with van der Waals surface area (Å²) in [6.45, 7) is 0. The summed E-state index contributed by atoms with van der Waals surface area (Å²) in [6.07, 6.45) is 0. The van der Waals surface area contributed by atoms with Gasteiger partial charge in [-0.2, -0.15) is 0 Å². The van der Waals surface area contributed by atoms with Crippen molar-refractivity contribution in [1.29, 1.82) is 0 Å². The van der Waals surface area contributed by atoms with E-state index in [0.29, 0.717) is 33.1 Å². The van der Waals surface area contributed by atoms with Crippen LogP contribution in [0, 0.1) is 0 Å². The molecule has 0 aliphatic heterocycles. The fraction of sp³-hybridized carbons (Fsp3) is 0. The van der Waals surface area contributed by atoms with Crippen LogP contribution in [0.15, 0.2) is 186 Å². The molecule has 0 atom stereocenters. The van der Waals surface area contributed by atoms with Gasteiger partial charge in [0.2, 0.25) is 0 Å². The molecule has 0 radical (unpaired) electrons.